The van der Waals surface area contributed by atoms with E-state index in [2.05, 4.69) is 34.4 Å². The fourth-order valence-corrected chi connectivity index (χ4v) is 3.00. The van der Waals surface area contributed by atoms with E-state index < -0.39 is 6.29 Å². The number of nitrogens with one attached hydrogen (secondary N) is 2. The summed E-state index contributed by atoms with van der Waals surface area (Å²) in [7, 11) is 0. The average Bonchev–Trinajstić information content (AvgIpc) is 2.92. The third kappa shape index (κ3) is 2.02. The Kier molecular flexibility index (Phi) is 3.02. The van der Waals surface area contributed by atoms with Gasteiger partial charge in [0.15, 0.2) is 6.29 Å². The molecule has 3 aliphatic rings. The summed E-state index contributed by atoms with van der Waals surface area (Å²) in [6.45, 7) is 5.05. The molecule has 0 aliphatic carbocycles. The number of hydrogen-bond acceptors (Lipinski definition) is 7. The van der Waals surface area contributed by atoms with E-state index in [1.165, 1.54) is 0 Å². The van der Waals surface area contributed by atoms with E-state index in [1.54, 1.807) is 0 Å². The Bertz CT molecular complexity index is 434. The summed E-state index contributed by atoms with van der Waals surface area (Å²) in [4.78, 5) is 6.27. The van der Waals surface area contributed by atoms with E-state index in [4.69, 9.17) is 16.2 Å². The summed E-state index contributed by atoms with van der Waals surface area (Å²) in [6.07, 6.45) is 2.06. The molecule has 0 aromatic heterocycles. The van der Waals surface area contributed by atoms with Gasteiger partial charge in [0.1, 0.15) is 23.6 Å². The van der Waals surface area contributed by atoms with Crippen LogP contribution in [0.3, 0.4) is 0 Å². The first-order chi connectivity index (χ1) is 9.10. The summed E-state index contributed by atoms with van der Waals surface area (Å²) in [6, 6.07) is 0. The number of hydrogen-bond donors (Lipinski definition) is 4. The van der Waals surface area contributed by atoms with Crippen molar-refractivity contribution in [1.29, 1.82) is 0 Å². The highest BCUT2D eigenvalue weighted by Gasteiger charge is 2.40. The number of amidine groups is 1. The van der Waals surface area contributed by atoms with Gasteiger partial charge in [-0.1, -0.05) is 13.8 Å². The lowest BCUT2D eigenvalue weighted by Gasteiger charge is -2.32. The van der Waals surface area contributed by atoms with E-state index in [-0.39, 0.29) is 6.23 Å². The van der Waals surface area contributed by atoms with Crippen LogP contribution in [0.1, 0.15) is 26.7 Å². The molecule has 0 bridgehead atoms. The summed E-state index contributed by atoms with van der Waals surface area (Å²) < 4.78 is 6.12. The highest BCUT2D eigenvalue weighted by molar-refractivity contribution is 5.98. The molecular weight excluding hydrogens is 244 g/mol. The molecule has 3 heterocycles. The SMILES string of the molecule is CC[C@@H]1C[C@H](C)[C@H](N2CNC3=C2NC(N)N=C3N)O1. The Morgan fingerprint density at radius 1 is 1.53 bits per heavy atom. The Labute approximate surface area is 113 Å². The Morgan fingerprint density at radius 2 is 2.32 bits per heavy atom. The molecule has 0 aromatic carbocycles. The summed E-state index contributed by atoms with van der Waals surface area (Å²) in [5.74, 6) is 1.85. The van der Waals surface area contributed by atoms with Crippen molar-refractivity contribution in [3.8, 4) is 0 Å². The van der Waals surface area contributed by atoms with Crippen LogP contribution in [0, 0.1) is 5.92 Å². The third-order valence-electron chi connectivity index (χ3n) is 3.98. The van der Waals surface area contributed by atoms with Crippen LogP contribution in [0.15, 0.2) is 16.5 Å². The molecule has 106 valence electrons. The van der Waals surface area contributed by atoms with Gasteiger partial charge in [0.25, 0.3) is 0 Å². The first-order valence-electron chi connectivity index (χ1n) is 6.86. The molecule has 0 aromatic rings. The van der Waals surface area contributed by atoms with E-state index in [0.717, 1.165) is 24.4 Å². The first-order valence-corrected chi connectivity index (χ1v) is 6.86. The molecule has 1 saturated heterocycles. The van der Waals surface area contributed by atoms with Gasteiger partial charge >= 0.3 is 0 Å². The van der Waals surface area contributed by atoms with Crippen LogP contribution in [-0.4, -0.2) is 36.0 Å². The zero-order valence-electron chi connectivity index (χ0n) is 11.4. The van der Waals surface area contributed by atoms with Crippen molar-refractivity contribution >= 4 is 5.84 Å². The zero-order chi connectivity index (χ0) is 13.6. The predicted octanol–water partition coefficient (Wildman–Crippen LogP) is -0.618. The second-order valence-electron chi connectivity index (χ2n) is 5.40. The van der Waals surface area contributed by atoms with Crippen molar-refractivity contribution in [2.45, 2.75) is 45.3 Å². The number of rotatable bonds is 2. The predicted molar refractivity (Wildman–Crippen MR) is 72.3 cm³/mol. The standard InChI is InChI=1S/C12H22N6O/c1-3-7-4-6(2)11(19-7)18-5-15-8-9(13)16-12(14)17-10(8)18/h6-7,11-12,15,17H,3-5,14H2,1-2H3,(H2,13,16)/t6-,7+,11+,12?/m0/s1. The number of nitrogens with two attached hydrogens (primary N) is 2. The van der Waals surface area contributed by atoms with Crippen molar-refractivity contribution in [2.24, 2.45) is 22.4 Å². The largest absolute Gasteiger partial charge is 0.382 e. The number of aliphatic imine (C=N–C) groups is 1. The molecule has 3 aliphatic heterocycles. The average molecular weight is 266 g/mol. The molecule has 0 radical (unpaired) electrons. The van der Waals surface area contributed by atoms with E-state index >= 15 is 0 Å². The molecule has 1 unspecified atom stereocenters. The van der Waals surface area contributed by atoms with Crippen LogP contribution in [0.25, 0.3) is 0 Å². The molecule has 0 amide bonds. The second kappa shape index (κ2) is 4.57. The minimum atomic E-state index is -0.486. The van der Waals surface area contributed by atoms with Crippen LogP contribution in [0.5, 0.6) is 0 Å². The monoisotopic (exact) mass is 266 g/mol. The minimum absolute atomic E-state index is 0.0653. The molecule has 3 rings (SSSR count). The van der Waals surface area contributed by atoms with Gasteiger partial charge in [0.05, 0.1) is 12.8 Å². The van der Waals surface area contributed by atoms with Crippen molar-refractivity contribution in [2.75, 3.05) is 6.67 Å². The van der Waals surface area contributed by atoms with Gasteiger partial charge in [-0.25, -0.2) is 4.99 Å². The van der Waals surface area contributed by atoms with Crippen LogP contribution in [-0.2, 0) is 4.74 Å². The van der Waals surface area contributed by atoms with Crippen molar-refractivity contribution < 1.29 is 4.74 Å². The normalized spacial score (nSPS) is 37.8. The van der Waals surface area contributed by atoms with Crippen molar-refractivity contribution in [1.82, 2.24) is 15.5 Å². The van der Waals surface area contributed by atoms with Crippen LogP contribution in [0.2, 0.25) is 0 Å². The first kappa shape index (κ1) is 12.6. The zero-order valence-corrected chi connectivity index (χ0v) is 11.4. The third-order valence-corrected chi connectivity index (χ3v) is 3.98. The molecule has 4 atom stereocenters. The molecule has 7 heteroatoms. The van der Waals surface area contributed by atoms with Gasteiger partial charge < -0.3 is 26.0 Å². The molecule has 0 saturated carbocycles. The van der Waals surface area contributed by atoms with E-state index in [1.807, 2.05) is 0 Å². The number of ether oxygens (including phenoxy) is 1. The van der Waals surface area contributed by atoms with Gasteiger partial charge in [-0.2, -0.15) is 0 Å². The fraction of sp³-hybridized carbons (Fsp3) is 0.750. The van der Waals surface area contributed by atoms with Gasteiger partial charge in [0, 0.05) is 5.92 Å². The lowest BCUT2D eigenvalue weighted by Crippen LogP contribution is -2.48. The highest BCUT2D eigenvalue weighted by atomic mass is 16.5. The fourth-order valence-electron chi connectivity index (χ4n) is 3.00. The van der Waals surface area contributed by atoms with Crippen LogP contribution < -0.4 is 22.1 Å². The van der Waals surface area contributed by atoms with Crippen LogP contribution in [0.4, 0.5) is 0 Å². The topological polar surface area (TPSA) is 101 Å². The lowest BCUT2D eigenvalue weighted by atomic mass is 10.0. The van der Waals surface area contributed by atoms with Gasteiger partial charge in [-0.05, 0) is 12.8 Å². The van der Waals surface area contributed by atoms with Crippen molar-refractivity contribution in [3.05, 3.63) is 11.5 Å². The summed E-state index contributed by atoms with van der Waals surface area (Å²) in [5.41, 5.74) is 12.6. The number of nitrogens with zero attached hydrogens (tertiary/aromatic N) is 2. The van der Waals surface area contributed by atoms with Gasteiger partial charge in [-0.3, -0.25) is 5.73 Å². The maximum atomic E-state index is 6.12. The molecule has 19 heavy (non-hydrogen) atoms. The Balaban J connectivity index is 1.82. The van der Waals surface area contributed by atoms with E-state index in [9.17, 15) is 0 Å². The second-order valence-corrected chi connectivity index (χ2v) is 5.40. The summed E-state index contributed by atoms with van der Waals surface area (Å²) in [5, 5.41) is 6.42. The highest BCUT2D eigenvalue weighted by Crippen LogP contribution is 2.33. The Morgan fingerprint density at radius 3 is 3.00 bits per heavy atom. The molecule has 7 nitrogen and oxygen atoms in total. The Hall–Kier alpha value is -1.47. The molecule has 0 spiro atoms. The maximum absolute atomic E-state index is 6.12. The summed E-state index contributed by atoms with van der Waals surface area (Å²) >= 11 is 0. The lowest BCUT2D eigenvalue weighted by molar-refractivity contribution is -0.0526. The van der Waals surface area contributed by atoms with E-state index in [0.29, 0.717) is 24.5 Å². The van der Waals surface area contributed by atoms with Crippen LogP contribution >= 0.6 is 0 Å². The quantitative estimate of drug-likeness (QED) is 0.531. The van der Waals surface area contributed by atoms with Crippen molar-refractivity contribution in [3.63, 3.8) is 0 Å². The van der Waals surface area contributed by atoms with Gasteiger partial charge in [0.2, 0.25) is 0 Å². The molecule has 6 N–H and O–H groups in total. The molecular formula is C12H22N6O. The molecule has 1 fully saturated rings. The van der Waals surface area contributed by atoms with Gasteiger partial charge in [-0.15, -0.1) is 0 Å². The maximum Gasteiger partial charge on any atom is 0.174 e. The minimum Gasteiger partial charge on any atom is -0.382 e. The smallest absolute Gasteiger partial charge is 0.174 e.